The first-order valence-corrected chi connectivity index (χ1v) is 27.3. The summed E-state index contributed by atoms with van der Waals surface area (Å²) in [5, 5.41) is 19.2. The number of carbonyl (C=O) groups excluding carboxylic acids is 2. The Kier molecular flexibility index (Phi) is 46.2. The van der Waals surface area contributed by atoms with Crippen molar-refractivity contribution >= 4 is 19.8 Å². The van der Waals surface area contributed by atoms with Crippen LogP contribution in [0.25, 0.3) is 0 Å². The highest BCUT2D eigenvalue weighted by atomic mass is 31.2. The molecule has 0 heterocycles. The van der Waals surface area contributed by atoms with Crippen molar-refractivity contribution in [3.05, 3.63) is 24.3 Å². The highest BCUT2D eigenvalue weighted by Crippen LogP contribution is 2.43. The predicted molar refractivity (Wildman–Crippen MR) is 256 cm³/mol. The van der Waals surface area contributed by atoms with Crippen LogP contribution in [0.15, 0.2) is 24.3 Å². The van der Waals surface area contributed by atoms with Crippen molar-refractivity contribution in [2.45, 2.75) is 264 Å². The van der Waals surface area contributed by atoms with Gasteiger partial charge in [-0.05, 0) is 44.9 Å². The zero-order chi connectivity index (χ0) is 45.5. The zero-order valence-electron chi connectivity index (χ0n) is 40.1. The maximum Gasteiger partial charge on any atom is 0.472 e. The molecule has 0 aromatic heterocycles. The predicted octanol–water partition coefficient (Wildman–Crippen LogP) is 14.5. The van der Waals surface area contributed by atoms with E-state index in [1.165, 1.54) is 154 Å². The molecular formula is C51H97O10P. The van der Waals surface area contributed by atoms with E-state index in [-0.39, 0.29) is 12.8 Å². The van der Waals surface area contributed by atoms with Crippen molar-refractivity contribution in [3.63, 3.8) is 0 Å². The SMILES string of the molecule is CCCCCC/C=C\C/C=C\CCCCCCCC(=O)OC(CO)COP(=O)(O)OCC(CO)OC(=O)CCCCCCCCCCCCCCCCCCCCCCCCC. The molecule has 0 aliphatic rings. The number of phosphoric ester groups is 1. The highest BCUT2D eigenvalue weighted by Gasteiger charge is 2.27. The molecule has 0 rings (SSSR count). The molecular weight excluding hydrogens is 804 g/mol. The third-order valence-electron chi connectivity index (χ3n) is 11.4. The fraction of sp³-hybridized carbons (Fsp3) is 0.882. The number of ether oxygens (including phenoxy) is 2. The Morgan fingerprint density at radius 2 is 0.710 bits per heavy atom. The Labute approximate surface area is 380 Å². The Morgan fingerprint density at radius 1 is 0.435 bits per heavy atom. The van der Waals surface area contributed by atoms with E-state index in [2.05, 4.69) is 38.2 Å². The lowest BCUT2D eigenvalue weighted by Gasteiger charge is -2.20. The van der Waals surface area contributed by atoms with Crippen molar-refractivity contribution in [2.24, 2.45) is 0 Å². The number of carbonyl (C=O) groups is 2. The van der Waals surface area contributed by atoms with Crippen LogP contribution in [0, 0.1) is 0 Å². The van der Waals surface area contributed by atoms with Crippen LogP contribution in [0.4, 0.5) is 0 Å². The summed E-state index contributed by atoms with van der Waals surface area (Å²) < 4.78 is 32.7. The summed E-state index contributed by atoms with van der Waals surface area (Å²) in [6, 6.07) is 0. The molecule has 366 valence electrons. The highest BCUT2D eigenvalue weighted by molar-refractivity contribution is 7.47. The molecule has 0 amide bonds. The summed E-state index contributed by atoms with van der Waals surface area (Å²) in [6.07, 6.45) is 50.1. The average molecular weight is 901 g/mol. The van der Waals surface area contributed by atoms with Gasteiger partial charge in [-0.15, -0.1) is 0 Å². The van der Waals surface area contributed by atoms with Gasteiger partial charge in [-0.25, -0.2) is 4.57 Å². The molecule has 10 nitrogen and oxygen atoms in total. The van der Waals surface area contributed by atoms with Crippen LogP contribution in [0.5, 0.6) is 0 Å². The van der Waals surface area contributed by atoms with Crippen molar-refractivity contribution in [2.75, 3.05) is 26.4 Å². The first kappa shape index (κ1) is 60.5. The van der Waals surface area contributed by atoms with E-state index in [9.17, 15) is 29.3 Å². The van der Waals surface area contributed by atoms with Gasteiger partial charge < -0.3 is 24.6 Å². The smallest absolute Gasteiger partial charge is 0.457 e. The molecule has 0 saturated heterocycles. The van der Waals surface area contributed by atoms with Crippen molar-refractivity contribution in [1.29, 1.82) is 0 Å². The largest absolute Gasteiger partial charge is 0.472 e. The van der Waals surface area contributed by atoms with Gasteiger partial charge in [-0.3, -0.25) is 18.6 Å². The topological polar surface area (TPSA) is 149 Å². The molecule has 0 spiro atoms. The second-order valence-electron chi connectivity index (χ2n) is 17.5. The van der Waals surface area contributed by atoms with Crippen LogP contribution in [-0.2, 0) is 32.7 Å². The summed E-state index contributed by atoms with van der Waals surface area (Å²) in [7, 11) is -4.64. The monoisotopic (exact) mass is 901 g/mol. The number of phosphoric acid groups is 1. The number of allylic oxidation sites excluding steroid dienone is 4. The molecule has 0 saturated carbocycles. The number of aliphatic hydroxyl groups is 2. The van der Waals surface area contributed by atoms with Crippen molar-refractivity contribution in [3.8, 4) is 0 Å². The summed E-state index contributed by atoms with van der Waals surface area (Å²) in [4.78, 5) is 34.7. The van der Waals surface area contributed by atoms with E-state index < -0.39 is 58.4 Å². The minimum absolute atomic E-state index is 0.178. The summed E-state index contributed by atoms with van der Waals surface area (Å²) in [6.45, 7) is 2.22. The third kappa shape index (κ3) is 45.0. The molecule has 0 aliphatic carbocycles. The Morgan fingerprint density at radius 3 is 1.02 bits per heavy atom. The van der Waals surface area contributed by atoms with Gasteiger partial charge in [0.1, 0.15) is 12.2 Å². The standard InChI is InChI=1S/C51H97O10P/c1-3-5-7-9-11-13-15-17-19-21-22-23-24-25-26-27-29-31-33-35-37-39-41-43-51(55)61-49(45-53)47-59-62(56,57)58-46-48(44-52)60-50(54)42-40-38-36-34-32-30-28-20-18-16-14-12-10-8-6-4-2/h14,16,20,28,48-49,52-53H,3-13,15,17-19,21-27,29-47H2,1-2H3,(H,56,57)/b16-14-,28-20-. The van der Waals surface area contributed by atoms with E-state index in [4.69, 9.17) is 18.5 Å². The van der Waals surface area contributed by atoms with Gasteiger partial charge in [0.05, 0.1) is 26.4 Å². The van der Waals surface area contributed by atoms with Crippen LogP contribution in [0.1, 0.15) is 251 Å². The number of unbranched alkanes of at least 4 members (excludes halogenated alkanes) is 31. The van der Waals surface area contributed by atoms with E-state index in [1.807, 2.05) is 0 Å². The van der Waals surface area contributed by atoms with E-state index >= 15 is 0 Å². The lowest BCUT2D eigenvalue weighted by Crippen LogP contribution is -2.28. The van der Waals surface area contributed by atoms with E-state index in [1.54, 1.807) is 0 Å². The number of hydrogen-bond donors (Lipinski definition) is 3. The van der Waals surface area contributed by atoms with Gasteiger partial charge in [-0.2, -0.15) is 0 Å². The maximum absolute atomic E-state index is 12.4. The van der Waals surface area contributed by atoms with E-state index in [0.717, 1.165) is 57.8 Å². The van der Waals surface area contributed by atoms with Crippen LogP contribution in [-0.4, -0.2) is 65.7 Å². The molecule has 3 atom stereocenters. The molecule has 11 heteroatoms. The van der Waals surface area contributed by atoms with Crippen LogP contribution in [0.2, 0.25) is 0 Å². The van der Waals surface area contributed by atoms with Gasteiger partial charge in [0, 0.05) is 12.8 Å². The molecule has 0 bridgehead atoms. The molecule has 0 radical (unpaired) electrons. The third-order valence-corrected chi connectivity index (χ3v) is 12.4. The average Bonchev–Trinajstić information content (AvgIpc) is 3.26. The second-order valence-corrected chi connectivity index (χ2v) is 19.0. The first-order valence-electron chi connectivity index (χ1n) is 25.8. The second kappa shape index (κ2) is 47.4. The number of aliphatic hydroxyl groups excluding tert-OH is 2. The first-order chi connectivity index (χ1) is 30.3. The Balaban J connectivity index is 3.80. The van der Waals surface area contributed by atoms with Gasteiger partial charge in [0.2, 0.25) is 0 Å². The fourth-order valence-electron chi connectivity index (χ4n) is 7.44. The number of rotatable bonds is 49. The van der Waals surface area contributed by atoms with Gasteiger partial charge in [0.25, 0.3) is 0 Å². The summed E-state index contributed by atoms with van der Waals surface area (Å²) in [5.41, 5.74) is 0. The quantitative estimate of drug-likeness (QED) is 0.0233. The fourth-order valence-corrected chi connectivity index (χ4v) is 8.23. The maximum atomic E-state index is 12.4. The lowest BCUT2D eigenvalue weighted by atomic mass is 10.0. The minimum atomic E-state index is -4.64. The zero-order valence-corrected chi connectivity index (χ0v) is 41.0. The van der Waals surface area contributed by atoms with Gasteiger partial charge in [0.15, 0.2) is 0 Å². The molecule has 0 aromatic rings. The van der Waals surface area contributed by atoms with Crippen LogP contribution < -0.4 is 0 Å². The van der Waals surface area contributed by atoms with Crippen LogP contribution in [0.3, 0.4) is 0 Å². The van der Waals surface area contributed by atoms with E-state index in [0.29, 0.717) is 12.8 Å². The Hall–Kier alpha value is -1.55. The van der Waals surface area contributed by atoms with Gasteiger partial charge in [-0.1, -0.05) is 218 Å². The summed E-state index contributed by atoms with van der Waals surface area (Å²) >= 11 is 0. The molecule has 0 fully saturated rings. The lowest BCUT2D eigenvalue weighted by molar-refractivity contribution is -0.153. The number of esters is 2. The van der Waals surface area contributed by atoms with Crippen molar-refractivity contribution in [1.82, 2.24) is 0 Å². The van der Waals surface area contributed by atoms with Crippen molar-refractivity contribution < 1.29 is 47.8 Å². The molecule has 62 heavy (non-hydrogen) atoms. The summed E-state index contributed by atoms with van der Waals surface area (Å²) in [5.74, 6) is -1.02. The van der Waals surface area contributed by atoms with Gasteiger partial charge >= 0.3 is 19.8 Å². The molecule has 3 N–H and O–H groups in total. The molecule has 0 aliphatic heterocycles. The Bertz CT molecular complexity index is 1080. The normalized spacial score (nSPS) is 13.8. The molecule has 3 unspecified atom stereocenters. The minimum Gasteiger partial charge on any atom is -0.457 e. The number of hydrogen-bond acceptors (Lipinski definition) is 9. The molecule has 0 aromatic carbocycles. The van der Waals surface area contributed by atoms with Crippen LogP contribution >= 0.6 is 7.82 Å².